The van der Waals surface area contributed by atoms with E-state index in [9.17, 15) is 0 Å². The van der Waals surface area contributed by atoms with Crippen LogP contribution in [0.1, 0.15) is 64.4 Å². The van der Waals surface area contributed by atoms with Gasteiger partial charge in [-0.05, 0) is 80.8 Å². The van der Waals surface area contributed by atoms with Gasteiger partial charge in [0.05, 0.1) is 4.99 Å². The summed E-state index contributed by atoms with van der Waals surface area (Å²) in [7, 11) is 0. The summed E-state index contributed by atoms with van der Waals surface area (Å²) in [6.45, 7) is 7.14. The van der Waals surface area contributed by atoms with Crippen LogP contribution in [0.5, 0.6) is 0 Å². The van der Waals surface area contributed by atoms with Gasteiger partial charge in [-0.3, -0.25) is 0 Å². The summed E-state index contributed by atoms with van der Waals surface area (Å²) in [6.07, 6.45) is 8.91. The molecule has 1 aromatic rings. The molecule has 26 heavy (non-hydrogen) atoms. The maximum absolute atomic E-state index is 6.04. The minimum atomic E-state index is 0.138. The molecule has 2 bridgehead atoms. The zero-order valence-corrected chi connectivity index (χ0v) is 17.2. The van der Waals surface area contributed by atoms with Gasteiger partial charge in [-0.1, -0.05) is 56.4 Å². The smallest absolute Gasteiger partial charge is 0.0815 e. The van der Waals surface area contributed by atoms with E-state index in [0.29, 0.717) is 11.5 Å². The number of piperidine rings is 1. The van der Waals surface area contributed by atoms with Crippen molar-refractivity contribution < 1.29 is 0 Å². The lowest BCUT2D eigenvalue weighted by atomic mass is 9.50. The van der Waals surface area contributed by atoms with Crippen molar-refractivity contribution in [1.29, 1.82) is 0 Å². The molecule has 2 N–H and O–H groups in total. The summed E-state index contributed by atoms with van der Waals surface area (Å²) in [5.74, 6) is 1.63. The van der Waals surface area contributed by atoms with Crippen molar-refractivity contribution in [3.8, 4) is 0 Å². The molecule has 2 saturated carbocycles. The standard InChI is InChI=1S/C23H34N2S/c1-17-12-18-14-22(2,21(26)25-20-8-10-24-11-9-20)16-23(13-17,15-18)19-6-4-3-5-7-19/h3-7,17-18,20,24H,8-16H2,1-2H3,(H,25,26). The molecular weight excluding hydrogens is 336 g/mol. The van der Waals surface area contributed by atoms with Crippen LogP contribution in [0.15, 0.2) is 30.3 Å². The van der Waals surface area contributed by atoms with Crippen LogP contribution in [0.3, 0.4) is 0 Å². The van der Waals surface area contributed by atoms with Crippen molar-refractivity contribution in [3.63, 3.8) is 0 Å². The number of nitrogens with one attached hydrogen (secondary N) is 2. The van der Waals surface area contributed by atoms with Crippen LogP contribution in [0.2, 0.25) is 0 Å². The van der Waals surface area contributed by atoms with Crippen LogP contribution in [0.4, 0.5) is 0 Å². The van der Waals surface area contributed by atoms with E-state index >= 15 is 0 Å². The van der Waals surface area contributed by atoms with Gasteiger partial charge >= 0.3 is 0 Å². The van der Waals surface area contributed by atoms with E-state index in [1.54, 1.807) is 5.56 Å². The quantitative estimate of drug-likeness (QED) is 0.745. The summed E-state index contributed by atoms with van der Waals surface area (Å²) in [4.78, 5) is 1.14. The molecule has 3 fully saturated rings. The summed E-state index contributed by atoms with van der Waals surface area (Å²) < 4.78 is 0. The van der Waals surface area contributed by atoms with Gasteiger partial charge in [0, 0.05) is 11.5 Å². The van der Waals surface area contributed by atoms with Crippen molar-refractivity contribution in [2.24, 2.45) is 17.3 Å². The molecule has 1 saturated heterocycles. The highest BCUT2D eigenvalue weighted by Gasteiger charge is 2.52. The lowest BCUT2D eigenvalue weighted by Crippen LogP contribution is -2.54. The molecule has 0 radical (unpaired) electrons. The van der Waals surface area contributed by atoms with E-state index in [1.165, 1.54) is 44.9 Å². The Morgan fingerprint density at radius 2 is 1.85 bits per heavy atom. The Kier molecular flexibility index (Phi) is 5.13. The molecule has 0 spiro atoms. The molecule has 3 aliphatic rings. The molecule has 142 valence electrons. The topological polar surface area (TPSA) is 24.1 Å². The second kappa shape index (κ2) is 7.24. The molecule has 2 aliphatic carbocycles. The number of thiocarbonyl (C=S) groups is 1. The molecule has 2 nitrogen and oxygen atoms in total. The van der Waals surface area contributed by atoms with Crippen LogP contribution in [-0.2, 0) is 5.41 Å². The van der Waals surface area contributed by atoms with Crippen molar-refractivity contribution in [2.75, 3.05) is 13.1 Å². The van der Waals surface area contributed by atoms with Gasteiger partial charge in [0.15, 0.2) is 0 Å². The molecule has 1 aromatic carbocycles. The van der Waals surface area contributed by atoms with Crippen molar-refractivity contribution in [1.82, 2.24) is 10.6 Å². The van der Waals surface area contributed by atoms with Crippen molar-refractivity contribution in [2.45, 2.75) is 70.3 Å². The summed E-state index contributed by atoms with van der Waals surface area (Å²) in [5, 5.41) is 7.25. The highest BCUT2D eigenvalue weighted by Crippen LogP contribution is 2.58. The molecular formula is C23H34N2S. The average molecular weight is 371 g/mol. The first kappa shape index (κ1) is 18.4. The van der Waals surface area contributed by atoms with E-state index in [1.807, 2.05) is 0 Å². The zero-order valence-electron chi connectivity index (χ0n) is 16.4. The molecule has 0 amide bonds. The number of benzene rings is 1. The molecule has 1 heterocycles. The van der Waals surface area contributed by atoms with Crippen molar-refractivity contribution in [3.05, 3.63) is 35.9 Å². The lowest BCUT2D eigenvalue weighted by molar-refractivity contribution is 0.0535. The van der Waals surface area contributed by atoms with E-state index in [4.69, 9.17) is 12.2 Å². The Bertz CT molecular complexity index is 635. The number of rotatable bonds is 3. The summed E-state index contributed by atoms with van der Waals surface area (Å²) in [5.41, 5.74) is 2.00. The Labute approximate surface area is 164 Å². The Morgan fingerprint density at radius 3 is 2.58 bits per heavy atom. The van der Waals surface area contributed by atoms with Gasteiger partial charge in [-0.15, -0.1) is 0 Å². The van der Waals surface area contributed by atoms with Crippen molar-refractivity contribution >= 4 is 17.2 Å². The monoisotopic (exact) mass is 370 g/mol. The van der Waals surface area contributed by atoms with Crippen LogP contribution in [-0.4, -0.2) is 24.1 Å². The predicted molar refractivity (Wildman–Crippen MR) is 114 cm³/mol. The minimum absolute atomic E-state index is 0.138. The summed E-state index contributed by atoms with van der Waals surface area (Å²) in [6, 6.07) is 11.9. The molecule has 3 heteroatoms. The van der Waals surface area contributed by atoms with Gasteiger partial charge in [-0.2, -0.15) is 0 Å². The second-order valence-corrected chi connectivity index (χ2v) is 10.1. The maximum Gasteiger partial charge on any atom is 0.0815 e. The van der Waals surface area contributed by atoms with Crippen LogP contribution in [0.25, 0.3) is 0 Å². The largest absolute Gasteiger partial charge is 0.376 e. The fourth-order valence-electron chi connectivity index (χ4n) is 6.42. The normalized spacial score (nSPS) is 37.9. The third kappa shape index (κ3) is 3.57. The molecule has 0 aromatic heterocycles. The van der Waals surface area contributed by atoms with E-state index < -0.39 is 0 Å². The molecule has 4 atom stereocenters. The first-order chi connectivity index (χ1) is 12.5. The Morgan fingerprint density at radius 1 is 1.12 bits per heavy atom. The summed E-state index contributed by atoms with van der Waals surface area (Å²) >= 11 is 6.04. The highest BCUT2D eigenvalue weighted by atomic mass is 32.1. The predicted octanol–water partition coefficient (Wildman–Crippen LogP) is 4.83. The average Bonchev–Trinajstić information content (AvgIpc) is 2.62. The second-order valence-electron chi connectivity index (χ2n) is 9.70. The number of fused-ring (bicyclic) bond motifs is 2. The number of hydrogen-bond donors (Lipinski definition) is 2. The van der Waals surface area contributed by atoms with Gasteiger partial charge in [0.25, 0.3) is 0 Å². The number of hydrogen-bond acceptors (Lipinski definition) is 2. The van der Waals surface area contributed by atoms with Crippen LogP contribution >= 0.6 is 12.2 Å². The van der Waals surface area contributed by atoms with E-state index in [2.05, 4.69) is 54.8 Å². The molecule has 1 aliphatic heterocycles. The molecule has 4 rings (SSSR count). The van der Waals surface area contributed by atoms with Crippen LogP contribution < -0.4 is 10.6 Å². The fraction of sp³-hybridized carbons (Fsp3) is 0.696. The third-order valence-electron chi connectivity index (χ3n) is 7.23. The Hall–Kier alpha value is -0.930. The van der Waals surface area contributed by atoms with Gasteiger partial charge < -0.3 is 10.6 Å². The van der Waals surface area contributed by atoms with E-state index in [0.717, 1.165) is 29.9 Å². The third-order valence-corrected chi connectivity index (χ3v) is 7.84. The van der Waals surface area contributed by atoms with Gasteiger partial charge in [0.2, 0.25) is 0 Å². The van der Waals surface area contributed by atoms with Crippen LogP contribution in [0, 0.1) is 17.3 Å². The maximum atomic E-state index is 6.04. The SMILES string of the molecule is CC1CC2CC(C)(C(=S)NC3CCNCC3)CC(c3ccccc3)(C1)C2. The first-order valence-electron chi connectivity index (χ1n) is 10.6. The zero-order chi connectivity index (χ0) is 18.2. The van der Waals surface area contributed by atoms with Gasteiger partial charge in [0.1, 0.15) is 0 Å². The Balaban J connectivity index is 1.58. The van der Waals surface area contributed by atoms with Gasteiger partial charge in [-0.25, -0.2) is 0 Å². The minimum Gasteiger partial charge on any atom is -0.376 e. The lowest BCUT2D eigenvalue weighted by Gasteiger charge is -2.55. The van der Waals surface area contributed by atoms with E-state index in [-0.39, 0.29) is 5.41 Å². The first-order valence-corrected chi connectivity index (χ1v) is 11.0. The fourth-order valence-corrected chi connectivity index (χ4v) is 6.75. The molecule has 4 unspecified atom stereocenters. The highest BCUT2D eigenvalue weighted by molar-refractivity contribution is 7.80.